The lowest BCUT2D eigenvalue weighted by Crippen LogP contribution is -2.35. The standard InChI is InChI=1S/C23H23ClN2O5S/c1-3-30-21-14-13-17(24)15-22(21)32(28,29)26(2)16-23(27)25-19-11-7-8-12-20(19)31-18-9-5-4-6-10-18/h4-15H,3,16H2,1-2H3,(H,25,27). The van der Waals surface area contributed by atoms with Crippen LogP contribution in [0.25, 0.3) is 0 Å². The van der Waals surface area contributed by atoms with Crippen molar-refractivity contribution in [3.63, 3.8) is 0 Å². The average Bonchev–Trinajstić information content (AvgIpc) is 2.77. The largest absolute Gasteiger partial charge is 0.492 e. The zero-order valence-corrected chi connectivity index (χ0v) is 19.2. The molecule has 0 aromatic heterocycles. The first-order chi connectivity index (χ1) is 15.3. The van der Waals surface area contributed by atoms with E-state index in [1.807, 2.05) is 18.2 Å². The van der Waals surface area contributed by atoms with E-state index in [0.29, 0.717) is 17.2 Å². The summed E-state index contributed by atoms with van der Waals surface area (Å²) in [6.07, 6.45) is 0. The predicted octanol–water partition coefficient (Wildman–Crippen LogP) is 4.79. The van der Waals surface area contributed by atoms with Crippen LogP contribution >= 0.6 is 11.6 Å². The van der Waals surface area contributed by atoms with Gasteiger partial charge in [-0.3, -0.25) is 4.79 Å². The lowest BCUT2D eigenvalue weighted by atomic mass is 10.3. The topological polar surface area (TPSA) is 84.9 Å². The second kappa shape index (κ2) is 10.5. The number of nitrogens with one attached hydrogen (secondary N) is 1. The van der Waals surface area contributed by atoms with Gasteiger partial charge in [-0.25, -0.2) is 8.42 Å². The molecule has 3 aromatic carbocycles. The zero-order valence-electron chi connectivity index (χ0n) is 17.6. The quantitative estimate of drug-likeness (QED) is 0.482. The first kappa shape index (κ1) is 23.6. The van der Waals surface area contributed by atoms with Gasteiger partial charge >= 0.3 is 0 Å². The summed E-state index contributed by atoms with van der Waals surface area (Å²) in [6.45, 7) is 1.61. The first-order valence-corrected chi connectivity index (χ1v) is 11.6. The van der Waals surface area contributed by atoms with Gasteiger partial charge in [0.05, 0.1) is 18.8 Å². The normalized spacial score (nSPS) is 11.2. The molecule has 32 heavy (non-hydrogen) atoms. The van der Waals surface area contributed by atoms with E-state index in [1.165, 1.54) is 19.2 Å². The second-order valence-electron chi connectivity index (χ2n) is 6.74. The molecule has 168 valence electrons. The highest BCUT2D eigenvalue weighted by atomic mass is 35.5. The van der Waals surface area contributed by atoms with Crippen LogP contribution < -0.4 is 14.8 Å². The van der Waals surface area contributed by atoms with Crippen LogP contribution in [0.5, 0.6) is 17.2 Å². The molecule has 0 saturated heterocycles. The summed E-state index contributed by atoms with van der Waals surface area (Å²) in [5.74, 6) is 0.690. The molecule has 0 aliphatic carbocycles. The van der Waals surface area contributed by atoms with Crippen molar-refractivity contribution in [3.05, 3.63) is 77.8 Å². The number of nitrogens with zero attached hydrogens (tertiary/aromatic N) is 1. The highest BCUT2D eigenvalue weighted by molar-refractivity contribution is 7.89. The summed E-state index contributed by atoms with van der Waals surface area (Å²) in [6, 6.07) is 20.4. The summed E-state index contributed by atoms with van der Waals surface area (Å²) < 4.78 is 38.3. The van der Waals surface area contributed by atoms with Gasteiger partial charge < -0.3 is 14.8 Å². The molecule has 7 nitrogen and oxygen atoms in total. The fourth-order valence-electron chi connectivity index (χ4n) is 2.88. The van der Waals surface area contributed by atoms with Gasteiger partial charge in [0.1, 0.15) is 16.4 Å². The molecule has 3 aromatic rings. The van der Waals surface area contributed by atoms with E-state index in [4.69, 9.17) is 21.1 Å². The number of benzene rings is 3. The highest BCUT2D eigenvalue weighted by Gasteiger charge is 2.27. The molecule has 0 radical (unpaired) electrons. The van der Waals surface area contributed by atoms with Crippen molar-refractivity contribution < 1.29 is 22.7 Å². The molecule has 0 spiro atoms. The van der Waals surface area contributed by atoms with E-state index < -0.39 is 22.5 Å². The third-order valence-electron chi connectivity index (χ3n) is 4.39. The number of carbonyl (C=O) groups is 1. The molecular weight excluding hydrogens is 452 g/mol. The molecule has 0 bridgehead atoms. The minimum atomic E-state index is -4.03. The fourth-order valence-corrected chi connectivity index (χ4v) is 4.39. The minimum absolute atomic E-state index is 0.102. The van der Waals surface area contributed by atoms with Crippen LogP contribution in [0, 0.1) is 0 Å². The van der Waals surface area contributed by atoms with Crippen molar-refractivity contribution in [1.29, 1.82) is 0 Å². The van der Waals surface area contributed by atoms with Crippen molar-refractivity contribution in [3.8, 4) is 17.2 Å². The van der Waals surface area contributed by atoms with Crippen molar-refractivity contribution in [1.82, 2.24) is 4.31 Å². The number of para-hydroxylation sites is 3. The highest BCUT2D eigenvalue weighted by Crippen LogP contribution is 2.31. The van der Waals surface area contributed by atoms with Crippen molar-refractivity contribution in [2.45, 2.75) is 11.8 Å². The molecule has 1 amide bonds. The van der Waals surface area contributed by atoms with Crippen LogP contribution in [0.1, 0.15) is 6.92 Å². The number of halogens is 1. The Labute approximate surface area is 192 Å². The van der Waals surface area contributed by atoms with Crippen molar-refractivity contribution in [2.75, 3.05) is 25.5 Å². The molecule has 0 saturated carbocycles. The first-order valence-electron chi connectivity index (χ1n) is 9.81. The smallest absolute Gasteiger partial charge is 0.247 e. The molecule has 0 atom stereocenters. The summed E-state index contributed by atoms with van der Waals surface area (Å²) in [5, 5.41) is 2.96. The number of ether oxygens (including phenoxy) is 2. The zero-order chi connectivity index (χ0) is 23.1. The maximum atomic E-state index is 13.1. The summed E-state index contributed by atoms with van der Waals surface area (Å²) in [7, 11) is -2.71. The Morgan fingerprint density at radius 1 is 1.00 bits per heavy atom. The van der Waals surface area contributed by atoms with Crippen LogP contribution in [-0.2, 0) is 14.8 Å². The Hall–Kier alpha value is -3.07. The van der Waals surface area contributed by atoms with Gasteiger partial charge in [-0.05, 0) is 49.4 Å². The van der Waals surface area contributed by atoms with Crippen LogP contribution in [-0.4, -0.2) is 38.8 Å². The van der Waals surface area contributed by atoms with Gasteiger partial charge in [0.2, 0.25) is 15.9 Å². The molecule has 0 unspecified atom stereocenters. The predicted molar refractivity (Wildman–Crippen MR) is 124 cm³/mol. The molecule has 0 heterocycles. The van der Waals surface area contributed by atoms with Gasteiger partial charge in [0, 0.05) is 12.1 Å². The van der Waals surface area contributed by atoms with E-state index in [0.717, 1.165) is 4.31 Å². The molecule has 1 N–H and O–H groups in total. The minimum Gasteiger partial charge on any atom is -0.492 e. The SMILES string of the molecule is CCOc1ccc(Cl)cc1S(=O)(=O)N(C)CC(=O)Nc1ccccc1Oc1ccccc1. The maximum Gasteiger partial charge on any atom is 0.247 e. The lowest BCUT2D eigenvalue weighted by molar-refractivity contribution is -0.116. The molecule has 9 heteroatoms. The summed E-state index contributed by atoms with van der Waals surface area (Å²) >= 11 is 5.99. The Morgan fingerprint density at radius 2 is 1.69 bits per heavy atom. The number of rotatable bonds is 9. The maximum absolute atomic E-state index is 13.1. The summed E-state index contributed by atoms with van der Waals surface area (Å²) in [4.78, 5) is 12.6. The van der Waals surface area contributed by atoms with Crippen LogP contribution in [0.4, 0.5) is 5.69 Å². The van der Waals surface area contributed by atoms with Crippen LogP contribution in [0.15, 0.2) is 77.7 Å². The van der Waals surface area contributed by atoms with E-state index in [-0.39, 0.29) is 22.3 Å². The van der Waals surface area contributed by atoms with E-state index in [1.54, 1.807) is 49.4 Å². The van der Waals surface area contributed by atoms with E-state index in [9.17, 15) is 13.2 Å². The number of hydrogen-bond donors (Lipinski definition) is 1. The number of sulfonamides is 1. The number of amides is 1. The molecule has 3 rings (SSSR count). The average molecular weight is 475 g/mol. The Bertz CT molecular complexity index is 1190. The molecule has 0 aliphatic heterocycles. The number of hydrogen-bond acceptors (Lipinski definition) is 5. The number of likely N-dealkylation sites (N-methyl/N-ethyl adjacent to an activating group) is 1. The van der Waals surface area contributed by atoms with Crippen LogP contribution in [0.3, 0.4) is 0 Å². The molecule has 0 fully saturated rings. The van der Waals surface area contributed by atoms with Gasteiger partial charge in [-0.2, -0.15) is 4.31 Å². The Morgan fingerprint density at radius 3 is 2.41 bits per heavy atom. The Balaban J connectivity index is 1.75. The third kappa shape index (κ3) is 5.79. The van der Waals surface area contributed by atoms with E-state index >= 15 is 0 Å². The fraction of sp³-hybridized carbons (Fsp3) is 0.174. The second-order valence-corrected chi connectivity index (χ2v) is 9.19. The van der Waals surface area contributed by atoms with Crippen LogP contribution in [0.2, 0.25) is 5.02 Å². The van der Waals surface area contributed by atoms with Crippen molar-refractivity contribution in [2.24, 2.45) is 0 Å². The van der Waals surface area contributed by atoms with E-state index in [2.05, 4.69) is 5.32 Å². The molecular formula is C23H23ClN2O5S. The Kier molecular flexibility index (Phi) is 7.74. The summed E-state index contributed by atoms with van der Waals surface area (Å²) in [5.41, 5.74) is 0.421. The van der Waals surface area contributed by atoms with Gasteiger partial charge in [-0.1, -0.05) is 41.9 Å². The third-order valence-corrected chi connectivity index (χ3v) is 6.45. The van der Waals surface area contributed by atoms with Gasteiger partial charge in [0.15, 0.2) is 5.75 Å². The number of carbonyl (C=O) groups excluding carboxylic acids is 1. The van der Waals surface area contributed by atoms with Gasteiger partial charge in [-0.15, -0.1) is 0 Å². The number of anilines is 1. The molecule has 0 aliphatic rings. The monoisotopic (exact) mass is 474 g/mol. The van der Waals surface area contributed by atoms with Gasteiger partial charge in [0.25, 0.3) is 0 Å². The van der Waals surface area contributed by atoms with Crippen molar-refractivity contribution >= 4 is 33.2 Å². The lowest BCUT2D eigenvalue weighted by Gasteiger charge is -2.19.